The molecule has 0 radical (unpaired) electrons. The van der Waals surface area contributed by atoms with Crippen molar-refractivity contribution >= 4 is 17.4 Å². The van der Waals surface area contributed by atoms with E-state index in [1.54, 1.807) is 36.4 Å². The molecular weight excluding hydrogens is 360 g/mol. The number of Topliss-reactive ketones (excluding diaryl/α,β-unsaturated/α-hetero) is 1. The van der Waals surface area contributed by atoms with Crippen molar-refractivity contribution in [1.82, 2.24) is 4.90 Å². The summed E-state index contributed by atoms with van der Waals surface area (Å²) in [6, 6.07) is 11.5. The van der Waals surface area contributed by atoms with Crippen molar-refractivity contribution in [2.75, 3.05) is 39.4 Å². The van der Waals surface area contributed by atoms with Crippen molar-refractivity contribution in [3.8, 4) is 0 Å². The maximum absolute atomic E-state index is 12.8. The zero-order valence-corrected chi connectivity index (χ0v) is 15.5. The minimum atomic E-state index is -0.726. The zero-order valence-electron chi connectivity index (χ0n) is 15.5. The number of nitrogens with zero attached hydrogens (tertiary/aromatic N) is 1. The van der Waals surface area contributed by atoms with E-state index >= 15 is 0 Å². The fraction of sp³-hybridized carbons (Fsp3) is 0.333. The molecule has 0 saturated carbocycles. The van der Waals surface area contributed by atoms with E-state index in [9.17, 15) is 14.7 Å². The summed E-state index contributed by atoms with van der Waals surface area (Å²) in [7, 11) is 0. The summed E-state index contributed by atoms with van der Waals surface area (Å²) in [4.78, 5) is 28.4. The summed E-state index contributed by atoms with van der Waals surface area (Å²) in [5.41, 5.74) is 0.569. The van der Waals surface area contributed by atoms with Gasteiger partial charge in [0, 0.05) is 5.56 Å². The van der Waals surface area contributed by atoms with E-state index < -0.39 is 17.7 Å². The quantitative estimate of drug-likeness (QED) is 0.449. The second-order valence-corrected chi connectivity index (χ2v) is 6.99. The summed E-state index contributed by atoms with van der Waals surface area (Å²) >= 11 is 0. The standard InChI is InChI=1S/C21H22N2O5/c24-19(15-5-2-1-3-6-15)17-18(16-7-4-12-28-16)23(21(26)20(17)25)9-8-22-10-13-27-14-11-22/h1-7,12,18,24H,8-11,13-14H2/p+1. The minimum absolute atomic E-state index is 0.0723. The Morgan fingerprint density at radius 3 is 2.54 bits per heavy atom. The average Bonchev–Trinajstić information content (AvgIpc) is 3.35. The number of benzene rings is 1. The Morgan fingerprint density at radius 1 is 1.11 bits per heavy atom. The number of ketones is 1. The van der Waals surface area contributed by atoms with Gasteiger partial charge in [-0.3, -0.25) is 9.59 Å². The third-order valence-corrected chi connectivity index (χ3v) is 5.31. The van der Waals surface area contributed by atoms with Gasteiger partial charge in [0.2, 0.25) is 0 Å². The van der Waals surface area contributed by atoms with Crippen molar-refractivity contribution in [2.45, 2.75) is 6.04 Å². The molecule has 3 heterocycles. The Hall–Kier alpha value is -2.90. The molecule has 28 heavy (non-hydrogen) atoms. The van der Waals surface area contributed by atoms with E-state index in [0.717, 1.165) is 13.1 Å². The lowest BCUT2D eigenvalue weighted by Gasteiger charge is -2.28. The highest BCUT2D eigenvalue weighted by Crippen LogP contribution is 2.39. The number of nitrogens with one attached hydrogen (secondary N) is 1. The number of carbonyl (C=O) groups excluding carboxylic acids is 2. The van der Waals surface area contributed by atoms with Crippen molar-refractivity contribution in [2.24, 2.45) is 0 Å². The summed E-state index contributed by atoms with van der Waals surface area (Å²) in [6.45, 7) is 4.25. The molecule has 2 saturated heterocycles. The molecule has 1 amide bonds. The van der Waals surface area contributed by atoms with Crippen molar-refractivity contribution in [3.63, 3.8) is 0 Å². The van der Waals surface area contributed by atoms with Gasteiger partial charge in [-0.25, -0.2) is 0 Å². The van der Waals surface area contributed by atoms with Crippen molar-refractivity contribution < 1.29 is 28.7 Å². The van der Waals surface area contributed by atoms with Crippen LogP contribution in [-0.2, 0) is 14.3 Å². The van der Waals surface area contributed by atoms with Gasteiger partial charge in [-0.05, 0) is 12.1 Å². The Morgan fingerprint density at radius 2 is 1.86 bits per heavy atom. The van der Waals surface area contributed by atoms with Crippen LogP contribution >= 0.6 is 0 Å². The topological polar surface area (TPSA) is 84.4 Å². The Labute approximate surface area is 162 Å². The maximum Gasteiger partial charge on any atom is 0.295 e. The van der Waals surface area contributed by atoms with Crippen LogP contribution in [0.4, 0.5) is 0 Å². The predicted octanol–water partition coefficient (Wildman–Crippen LogP) is 0.616. The SMILES string of the molecule is O=C1C(=O)N(CC[NH+]2CCOCC2)C(c2ccco2)C1=C(O)c1ccccc1. The molecule has 146 valence electrons. The van der Waals surface area contributed by atoms with E-state index in [2.05, 4.69) is 0 Å². The molecule has 2 fully saturated rings. The van der Waals surface area contributed by atoms with Gasteiger partial charge < -0.3 is 24.1 Å². The predicted molar refractivity (Wildman–Crippen MR) is 101 cm³/mol. The summed E-state index contributed by atoms with van der Waals surface area (Å²) < 4.78 is 10.9. The molecule has 0 aliphatic carbocycles. The van der Waals surface area contributed by atoms with E-state index in [1.165, 1.54) is 16.1 Å². The van der Waals surface area contributed by atoms with E-state index in [0.29, 0.717) is 37.6 Å². The lowest BCUT2D eigenvalue weighted by Crippen LogP contribution is -3.14. The molecule has 2 aromatic rings. The molecule has 1 unspecified atom stereocenters. The number of likely N-dealkylation sites (tertiary alicyclic amines) is 1. The number of hydrogen-bond acceptors (Lipinski definition) is 5. The normalized spacial score (nSPS) is 22.7. The number of furan rings is 1. The lowest BCUT2D eigenvalue weighted by molar-refractivity contribution is -0.907. The highest BCUT2D eigenvalue weighted by atomic mass is 16.5. The minimum Gasteiger partial charge on any atom is -0.507 e. The van der Waals surface area contributed by atoms with Gasteiger partial charge in [-0.2, -0.15) is 0 Å². The molecule has 1 atom stereocenters. The number of amides is 1. The van der Waals surface area contributed by atoms with Crippen LogP contribution in [0.5, 0.6) is 0 Å². The molecule has 7 nitrogen and oxygen atoms in total. The molecule has 2 aliphatic heterocycles. The molecule has 1 aromatic carbocycles. The number of aliphatic hydroxyl groups excluding tert-OH is 1. The molecule has 1 aromatic heterocycles. The first-order valence-electron chi connectivity index (χ1n) is 9.45. The number of morpholine rings is 1. The monoisotopic (exact) mass is 383 g/mol. The molecule has 0 bridgehead atoms. The van der Waals surface area contributed by atoms with Crippen LogP contribution in [-0.4, -0.2) is 61.1 Å². The van der Waals surface area contributed by atoms with Crippen molar-refractivity contribution in [3.05, 3.63) is 65.6 Å². The van der Waals surface area contributed by atoms with Gasteiger partial charge in [0.15, 0.2) is 0 Å². The third kappa shape index (κ3) is 3.46. The first-order valence-corrected chi connectivity index (χ1v) is 9.45. The second kappa shape index (κ2) is 8.00. The van der Waals surface area contributed by atoms with Crippen LogP contribution in [0.15, 0.2) is 58.7 Å². The molecule has 0 spiro atoms. The Bertz CT molecular complexity index is 869. The first-order chi connectivity index (χ1) is 13.7. The van der Waals surface area contributed by atoms with Crippen LogP contribution in [0, 0.1) is 0 Å². The van der Waals surface area contributed by atoms with Gasteiger partial charge in [-0.1, -0.05) is 30.3 Å². The van der Waals surface area contributed by atoms with Gasteiger partial charge >= 0.3 is 0 Å². The summed E-state index contributed by atoms with van der Waals surface area (Å²) in [5.74, 6) is -0.999. The Kier molecular flexibility index (Phi) is 5.27. The van der Waals surface area contributed by atoms with E-state index in [4.69, 9.17) is 9.15 Å². The number of quaternary nitrogens is 1. The molecular formula is C21H23N2O5+. The zero-order chi connectivity index (χ0) is 19.5. The molecule has 4 rings (SSSR count). The van der Waals surface area contributed by atoms with Crippen LogP contribution < -0.4 is 4.90 Å². The number of carbonyl (C=O) groups is 2. The van der Waals surface area contributed by atoms with E-state index in [-0.39, 0.29) is 11.3 Å². The smallest absolute Gasteiger partial charge is 0.295 e. The average molecular weight is 383 g/mol. The van der Waals surface area contributed by atoms with Gasteiger partial charge in [0.05, 0.1) is 38.1 Å². The highest BCUT2D eigenvalue weighted by molar-refractivity contribution is 6.46. The van der Waals surface area contributed by atoms with Crippen LogP contribution in [0.3, 0.4) is 0 Å². The van der Waals surface area contributed by atoms with Gasteiger partial charge in [0.25, 0.3) is 11.7 Å². The number of ether oxygens (including phenoxy) is 1. The van der Waals surface area contributed by atoms with Crippen LogP contribution in [0.2, 0.25) is 0 Å². The van der Waals surface area contributed by atoms with Crippen molar-refractivity contribution in [1.29, 1.82) is 0 Å². The fourth-order valence-corrected chi connectivity index (χ4v) is 3.79. The number of hydrogen-bond donors (Lipinski definition) is 2. The number of aliphatic hydroxyl groups is 1. The molecule has 2 aliphatic rings. The summed E-state index contributed by atoms with van der Waals surface area (Å²) in [5, 5.41) is 10.8. The van der Waals surface area contributed by atoms with Crippen LogP contribution in [0.25, 0.3) is 5.76 Å². The largest absolute Gasteiger partial charge is 0.507 e. The van der Waals surface area contributed by atoms with E-state index in [1.807, 2.05) is 6.07 Å². The second-order valence-electron chi connectivity index (χ2n) is 6.99. The lowest BCUT2D eigenvalue weighted by atomic mass is 9.99. The maximum atomic E-state index is 12.8. The number of rotatable bonds is 5. The van der Waals surface area contributed by atoms with Crippen LogP contribution in [0.1, 0.15) is 17.4 Å². The molecule has 7 heteroatoms. The Balaban J connectivity index is 1.68. The third-order valence-electron chi connectivity index (χ3n) is 5.31. The fourth-order valence-electron chi connectivity index (χ4n) is 3.79. The highest BCUT2D eigenvalue weighted by Gasteiger charge is 2.47. The van der Waals surface area contributed by atoms with Gasteiger partial charge in [0.1, 0.15) is 30.7 Å². The summed E-state index contributed by atoms with van der Waals surface area (Å²) in [6.07, 6.45) is 1.51. The molecule has 2 N–H and O–H groups in total. The van der Waals surface area contributed by atoms with Gasteiger partial charge in [-0.15, -0.1) is 0 Å². The first kappa shape index (κ1) is 18.5.